The van der Waals surface area contributed by atoms with E-state index < -0.39 is 18.0 Å². The van der Waals surface area contributed by atoms with Crippen molar-refractivity contribution in [3.8, 4) is 28.2 Å². The summed E-state index contributed by atoms with van der Waals surface area (Å²) in [5.41, 5.74) is 3.85. The first-order valence-electron chi connectivity index (χ1n) is 12.4. The van der Waals surface area contributed by atoms with Gasteiger partial charge in [-0.2, -0.15) is 0 Å². The van der Waals surface area contributed by atoms with Crippen molar-refractivity contribution in [3.63, 3.8) is 0 Å². The van der Waals surface area contributed by atoms with Crippen molar-refractivity contribution in [3.05, 3.63) is 54.2 Å². The summed E-state index contributed by atoms with van der Waals surface area (Å²) in [5, 5.41) is 12.1. The Bertz CT molecular complexity index is 1700. The summed E-state index contributed by atoms with van der Waals surface area (Å²) in [7, 11) is 1.53. The van der Waals surface area contributed by atoms with Gasteiger partial charge in [-0.15, -0.1) is 11.3 Å². The maximum Gasteiger partial charge on any atom is 0.411 e. The number of rotatable bonds is 10. The molecule has 0 saturated carbocycles. The minimum atomic E-state index is -0.760. The van der Waals surface area contributed by atoms with E-state index in [1.165, 1.54) is 36.9 Å². The molecule has 0 aliphatic carbocycles. The van der Waals surface area contributed by atoms with Crippen LogP contribution < -0.4 is 19.5 Å². The van der Waals surface area contributed by atoms with Gasteiger partial charge in [0.2, 0.25) is 5.88 Å². The molecular formula is C27H25FN6O6S. The van der Waals surface area contributed by atoms with Gasteiger partial charge in [-0.1, -0.05) is 0 Å². The van der Waals surface area contributed by atoms with E-state index >= 15 is 0 Å². The normalized spacial score (nSPS) is 11.8. The maximum absolute atomic E-state index is 14.8. The lowest BCUT2D eigenvalue weighted by molar-refractivity contribution is 0.120. The van der Waals surface area contributed by atoms with E-state index in [4.69, 9.17) is 24.1 Å². The number of hydrogen-bond acceptors (Lipinski definition) is 12. The zero-order valence-electron chi connectivity index (χ0n) is 22.3. The van der Waals surface area contributed by atoms with Crippen LogP contribution in [0.15, 0.2) is 42.9 Å². The number of aryl methyl sites for hydroxylation is 1. The van der Waals surface area contributed by atoms with E-state index in [0.29, 0.717) is 32.1 Å². The van der Waals surface area contributed by atoms with Gasteiger partial charge in [-0.05, 0) is 31.5 Å². The number of carbonyl (C=O) groups is 1. The van der Waals surface area contributed by atoms with Gasteiger partial charge in [0.25, 0.3) is 0 Å². The average molecular weight is 581 g/mol. The number of fused-ring (bicyclic) bond motifs is 2. The van der Waals surface area contributed by atoms with Crippen molar-refractivity contribution in [1.29, 1.82) is 0 Å². The molecule has 12 nitrogen and oxygen atoms in total. The quantitative estimate of drug-likeness (QED) is 0.224. The molecule has 2 aromatic carbocycles. The first-order valence-corrected chi connectivity index (χ1v) is 13.2. The van der Waals surface area contributed by atoms with Crippen molar-refractivity contribution in [2.24, 2.45) is 0 Å². The fraction of sp³-hybridized carbons (Fsp3) is 0.259. The number of amides is 1. The monoisotopic (exact) mass is 580 g/mol. The highest BCUT2D eigenvalue weighted by molar-refractivity contribution is 7.21. The Morgan fingerprint density at radius 3 is 2.63 bits per heavy atom. The van der Waals surface area contributed by atoms with Crippen molar-refractivity contribution in [1.82, 2.24) is 24.9 Å². The summed E-state index contributed by atoms with van der Waals surface area (Å²) >= 11 is 1.37. The lowest BCUT2D eigenvalue weighted by atomic mass is 10.1. The highest BCUT2D eigenvalue weighted by Crippen LogP contribution is 2.37. The number of aliphatic hydroxyl groups excluding tert-OH is 1. The third-order valence-corrected chi connectivity index (χ3v) is 6.71. The van der Waals surface area contributed by atoms with Gasteiger partial charge in [0.15, 0.2) is 11.6 Å². The summed E-state index contributed by atoms with van der Waals surface area (Å²) in [6.45, 7) is 3.21. The minimum Gasteiger partial charge on any atom is -0.487 e. The zero-order chi connectivity index (χ0) is 28.9. The minimum absolute atomic E-state index is 0.0106. The predicted molar refractivity (Wildman–Crippen MR) is 149 cm³/mol. The molecule has 212 valence electrons. The lowest BCUT2D eigenvalue weighted by Gasteiger charge is -2.11. The number of halogens is 1. The third kappa shape index (κ3) is 6.56. The molecule has 1 unspecified atom stereocenters. The van der Waals surface area contributed by atoms with Gasteiger partial charge >= 0.3 is 12.1 Å². The molecule has 5 aromatic rings. The highest BCUT2D eigenvalue weighted by Gasteiger charge is 2.16. The van der Waals surface area contributed by atoms with Crippen LogP contribution in [0.4, 0.5) is 14.9 Å². The van der Waals surface area contributed by atoms with Gasteiger partial charge in [0.05, 0.1) is 59.2 Å². The van der Waals surface area contributed by atoms with E-state index in [0.717, 1.165) is 11.1 Å². The molecule has 0 spiro atoms. The van der Waals surface area contributed by atoms with Crippen LogP contribution in [0.5, 0.6) is 17.6 Å². The topological polar surface area (TPSA) is 151 Å². The number of methoxy groups -OCH3 is 1. The second-order valence-corrected chi connectivity index (χ2v) is 9.87. The second-order valence-electron chi connectivity index (χ2n) is 8.84. The number of nitrogens with zero attached hydrogens (tertiary/aromatic N) is 5. The molecule has 0 aliphatic heterocycles. The van der Waals surface area contributed by atoms with Crippen molar-refractivity contribution >= 4 is 44.4 Å². The van der Waals surface area contributed by atoms with E-state index in [9.17, 15) is 9.18 Å². The van der Waals surface area contributed by atoms with Crippen LogP contribution >= 0.6 is 11.3 Å². The van der Waals surface area contributed by atoms with Gasteiger partial charge in [0, 0.05) is 17.7 Å². The molecule has 3 aromatic heterocycles. The molecule has 0 bridgehead atoms. The third-order valence-electron chi connectivity index (χ3n) is 5.66. The van der Waals surface area contributed by atoms with Crippen LogP contribution in [0.25, 0.3) is 31.8 Å². The number of thiazole rings is 1. The molecule has 0 aliphatic rings. The molecule has 41 heavy (non-hydrogen) atoms. The molecule has 0 fully saturated rings. The highest BCUT2D eigenvalue weighted by atomic mass is 32.1. The smallest absolute Gasteiger partial charge is 0.411 e. The van der Waals surface area contributed by atoms with Crippen LogP contribution in [-0.2, 0) is 4.74 Å². The summed E-state index contributed by atoms with van der Waals surface area (Å²) in [6.07, 6.45) is 2.99. The number of carbonyl (C=O) groups excluding carboxylic acids is 1. The van der Waals surface area contributed by atoms with Crippen LogP contribution in [0, 0.1) is 12.7 Å². The summed E-state index contributed by atoms with van der Waals surface area (Å²) in [4.78, 5) is 33.5. The fourth-order valence-electron chi connectivity index (χ4n) is 3.76. The van der Waals surface area contributed by atoms with Crippen LogP contribution in [0.1, 0.15) is 12.5 Å². The van der Waals surface area contributed by atoms with Crippen molar-refractivity contribution in [2.75, 3.05) is 32.2 Å². The first kappa shape index (κ1) is 27.9. The van der Waals surface area contributed by atoms with Crippen molar-refractivity contribution in [2.45, 2.75) is 20.0 Å². The number of benzene rings is 2. The maximum atomic E-state index is 14.8. The molecule has 5 rings (SSSR count). The molecule has 0 radical (unpaired) electrons. The summed E-state index contributed by atoms with van der Waals surface area (Å²) in [5.74, 6) is -0.171. The molecular weight excluding hydrogens is 555 g/mol. The Labute approximate surface area is 237 Å². The van der Waals surface area contributed by atoms with E-state index in [-0.39, 0.29) is 37.3 Å². The second kappa shape index (κ2) is 12.2. The Kier molecular flexibility index (Phi) is 8.31. The number of nitrogens with one attached hydrogen (secondary N) is 1. The SMILES string of the molecule is COc1cnc2c(-c3nc4cc(F)c(OCCOC(=O)Nc5cnc(OC(C)CO)nc5)cc4s3)cc(C)cc2n1. The van der Waals surface area contributed by atoms with Crippen LogP contribution in [0.3, 0.4) is 0 Å². The molecule has 2 N–H and O–H groups in total. The van der Waals surface area contributed by atoms with Gasteiger partial charge in [-0.3, -0.25) is 5.32 Å². The number of aliphatic hydroxyl groups is 1. The predicted octanol–water partition coefficient (Wildman–Crippen LogP) is 4.54. The van der Waals surface area contributed by atoms with E-state index in [1.807, 2.05) is 19.1 Å². The van der Waals surface area contributed by atoms with Gasteiger partial charge < -0.3 is 24.1 Å². The standard InChI is InChI=1S/C27H25FN6O6S/c1-14-6-17(24-20(7-14)33-23(37-3)12-29-24)25-34-19-8-18(28)21(9-22(19)41-25)38-4-5-39-27(36)32-16-10-30-26(31-11-16)40-15(2)13-35/h6-12,15,35H,4-5,13H2,1-3H3,(H,32,36). The number of ether oxygens (including phenoxy) is 4. The number of aromatic nitrogens is 5. The van der Waals surface area contributed by atoms with Crippen LogP contribution in [0.2, 0.25) is 0 Å². The van der Waals surface area contributed by atoms with E-state index in [1.54, 1.807) is 19.2 Å². The first-order chi connectivity index (χ1) is 19.8. The Hall–Kier alpha value is -4.69. The Balaban J connectivity index is 1.21. The van der Waals surface area contributed by atoms with Gasteiger partial charge in [0.1, 0.15) is 24.3 Å². The molecule has 0 saturated heterocycles. The fourth-order valence-corrected chi connectivity index (χ4v) is 4.76. The molecule has 1 amide bonds. The zero-order valence-corrected chi connectivity index (χ0v) is 23.1. The molecule has 1 atom stereocenters. The largest absolute Gasteiger partial charge is 0.487 e. The average Bonchev–Trinajstić information content (AvgIpc) is 3.37. The van der Waals surface area contributed by atoms with E-state index in [2.05, 4.69) is 30.2 Å². The number of anilines is 1. The summed E-state index contributed by atoms with van der Waals surface area (Å²) < 4.78 is 36.6. The van der Waals surface area contributed by atoms with Crippen molar-refractivity contribution < 1.29 is 33.2 Å². The molecule has 14 heteroatoms. The molecule has 3 heterocycles. The lowest BCUT2D eigenvalue weighted by Crippen LogP contribution is -2.19. The summed E-state index contributed by atoms with van der Waals surface area (Å²) in [6, 6.07) is 6.81. The van der Waals surface area contributed by atoms with Crippen LogP contribution in [-0.4, -0.2) is 69.2 Å². The Morgan fingerprint density at radius 2 is 1.88 bits per heavy atom. The number of hydrogen-bond donors (Lipinski definition) is 2. The Morgan fingerprint density at radius 1 is 1.07 bits per heavy atom. The van der Waals surface area contributed by atoms with Gasteiger partial charge in [-0.25, -0.2) is 34.1 Å².